The van der Waals surface area contributed by atoms with E-state index in [-0.39, 0.29) is 12.4 Å². The number of unbranched alkanes of at least 4 members (excludes halogenated alkanes) is 4. The van der Waals surface area contributed by atoms with Gasteiger partial charge in [0.15, 0.2) is 0 Å². The molecule has 222 valence electrons. The molecule has 0 aromatic heterocycles. The predicted molar refractivity (Wildman–Crippen MR) is 154 cm³/mol. The largest absolute Gasteiger partial charge is 0.508 e. The molecule has 2 rings (SSSR count). The van der Waals surface area contributed by atoms with Crippen LogP contribution in [0.3, 0.4) is 0 Å². The van der Waals surface area contributed by atoms with Gasteiger partial charge in [-0.15, -0.1) is 0 Å². The second-order valence-electron chi connectivity index (χ2n) is 9.85. The number of rotatable bonds is 20. The second-order valence-corrected chi connectivity index (χ2v) is 9.85. The molecule has 40 heavy (non-hydrogen) atoms. The molecule has 0 fully saturated rings. The quantitative estimate of drug-likeness (QED) is 0.119. The molecule has 2 aromatic carbocycles. The Balaban J connectivity index is 1.46. The summed E-state index contributed by atoms with van der Waals surface area (Å²) < 4.78 is 5.75. The number of carboxylic acid groups (broad SMARTS) is 1. The molecule has 0 bridgehead atoms. The van der Waals surface area contributed by atoms with Gasteiger partial charge in [0.1, 0.15) is 11.8 Å². The third-order valence-corrected chi connectivity index (χ3v) is 6.59. The number of anilines is 1. The summed E-state index contributed by atoms with van der Waals surface area (Å²) in [6, 6.07) is 10.9. The molecule has 0 radical (unpaired) electrons. The minimum Gasteiger partial charge on any atom is -0.508 e. The lowest BCUT2D eigenvalue weighted by atomic mass is 10.1. The summed E-state index contributed by atoms with van der Waals surface area (Å²) in [6.07, 6.45) is 6.59. The third kappa shape index (κ3) is 12.8. The minimum atomic E-state index is -1.05. The molecule has 10 heteroatoms. The number of aryl methyl sites for hydroxylation is 1. The molecule has 0 aliphatic carbocycles. The van der Waals surface area contributed by atoms with Gasteiger partial charge in [-0.25, -0.2) is 9.59 Å². The maximum Gasteiger partial charge on any atom is 0.326 e. The number of phenols is 1. The van der Waals surface area contributed by atoms with Crippen LogP contribution in [-0.4, -0.2) is 64.8 Å². The van der Waals surface area contributed by atoms with Crippen LogP contribution in [0.15, 0.2) is 42.5 Å². The molecule has 2 amide bonds. The van der Waals surface area contributed by atoms with Gasteiger partial charge in [-0.3, -0.25) is 0 Å². The molecular formula is C30H45N3O7. The molecule has 0 aliphatic rings. The molecule has 7 N–H and O–H groups in total. The Labute approximate surface area is 236 Å². The number of urea groups is 1. The van der Waals surface area contributed by atoms with Crippen LogP contribution < -0.4 is 16.0 Å². The number of carbonyl (C=O) groups is 2. The van der Waals surface area contributed by atoms with Crippen molar-refractivity contribution in [2.24, 2.45) is 0 Å². The van der Waals surface area contributed by atoms with E-state index in [1.165, 1.54) is 6.07 Å². The number of nitrogens with one attached hydrogen (secondary N) is 3. The van der Waals surface area contributed by atoms with E-state index in [9.17, 15) is 24.9 Å². The lowest BCUT2D eigenvalue weighted by Gasteiger charge is -2.14. The van der Waals surface area contributed by atoms with Gasteiger partial charge in [0.25, 0.3) is 0 Å². The van der Waals surface area contributed by atoms with E-state index < -0.39 is 24.1 Å². The van der Waals surface area contributed by atoms with Crippen molar-refractivity contribution < 1.29 is 34.8 Å². The number of aliphatic hydroxyl groups is 2. The third-order valence-electron chi connectivity index (χ3n) is 6.59. The Morgan fingerprint density at radius 1 is 0.975 bits per heavy atom. The van der Waals surface area contributed by atoms with E-state index in [1.807, 2.05) is 18.2 Å². The number of aliphatic carboxylic acids is 1. The molecule has 2 atom stereocenters. The smallest absolute Gasteiger partial charge is 0.326 e. The Morgan fingerprint density at radius 3 is 2.45 bits per heavy atom. The van der Waals surface area contributed by atoms with Crippen LogP contribution in [0.5, 0.6) is 5.75 Å². The predicted octanol–water partition coefficient (Wildman–Crippen LogP) is 4.09. The van der Waals surface area contributed by atoms with Gasteiger partial charge in [-0.05, 0) is 80.5 Å². The lowest BCUT2D eigenvalue weighted by molar-refractivity contribution is -0.139. The molecule has 0 heterocycles. The van der Waals surface area contributed by atoms with Crippen molar-refractivity contribution in [3.8, 4) is 5.75 Å². The first-order chi connectivity index (χ1) is 19.3. The highest BCUT2D eigenvalue weighted by Gasteiger charge is 2.17. The van der Waals surface area contributed by atoms with Gasteiger partial charge >= 0.3 is 12.0 Å². The van der Waals surface area contributed by atoms with E-state index in [4.69, 9.17) is 9.84 Å². The van der Waals surface area contributed by atoms with Crippen molar-refractivity contribution in [1.29, 1.82) is 0 Å². The summed E-state index contributed by atoms with van der Waals surface area (Å²) in [5.74, 6) is -1.03. The van der Waals surface area contributed by atoms with Crippen molar-refractivity contribution in [3.63, 3.8) is 0 Å². The summed E-state index contributed by atoms with van der Waals surface area (Å²) in [5.41, 5.74) is 2.81. The van der Waals surface area contributed by atoms with Crippen molar-refractivity contribution in [3.05, 3.63) is 59.2 Å². The van der Waals surface area contributed by atoms with E-state index >= 15 is 0 Å². The van der Waals surface area contributed by atoms with Gasteiger partial charge in [0.2, 0.25) is 0 Å². The van der Waals surface area contributed by atoms with Crippen LogP contribution in [0.2, 0.25) is 0 Å². The number of benzene rings is 2. The maximum absolute atomic E-state index is 12.0. The van der Waals surface area contributed by atoms with Gasteiger partial charge in [-0.2, -0.15) is 0 Å². The van der Waals surface area contributed by atoms with Crippen molar-refractivity contribution in [2.75, 3.05) is 31.6 Å². The normalized spacial score (nSPS) is 12.6. The van der Waals surface area contributed by atoms with E-state index in [0.29, 0.717) is 36.4 Å². The Hall–Kier alpha value is -3.18. The molecule has 0 spiro atoms. The lowest BCUT2D eigenvalue weighted by Crippen LogP contribution is -2.42. The number of aliphatic hydroxyl groups excluding tert-OH is 2. The first-order valence-corrected chi connectivity index (χ1v) is 14.1. The van der Waals surface area contributed by atoms with Crippen LogP contribution in [0.25, 0.3) is 0 Å². The van der Waals surface area contributed by atoms with Crippen molar-refractivity contribution >= 4 is 17.7 Å². The summed E-state index contributed by atoms with van der Waals surface area (Å²) in [4.78, 5) is 23.1. The summed E-state index contributed by atoms with van der Waals surface area (Å²) in [7, 11) is 0. The van der Waals surface area contributed by atoms with Gasteiger partial charge in [-0.1, -0.05) is 38.0 Å². The Morgan fingerprint density at radius 2 is 1.73 bits per heavy atom. The molecule has 0 saturated carbocycles. The Kier molecular flexibility index (Phi) is 15.7. The first kappa shape index (κ1) is 33.0. The fraction of sp³-hybridized carbons (Fsp3) is 0.533. The van der Waals surface area contributed by atoms with Crippen molar-refractivity contribution in [2.45, 2.75) is 77.0 Å². The van der Waals surface area contributed by atoms with Crippen molar-refractivity contribution in [1.82, 2.24) is 10.6 Å². The number of aromatic hydroxyl groups is 1. The summed E-state index contributed by atoms with van der Waals surface area (Å²) in [5, 5.41) is 46.6. The highest BCUT2D eigenvalue weighted by atomic mass is 16.5. The number of carbonyl (C=O) groups excluding carboxylic acids is 1. The van der Waals surface area contributed by atoms with Crippen LogP contribution in [0.4, 0.5) is 10.5 Å². The fourth-order valence-corrected chi connectivity index (χ4v) is 4.21. The molecule has 1 unspecified atom stereocenters. The average Bonchev–Trinajstić information content (AvgIpc) is 2.94. The maximum atomic E-state index is 12.0. The van der Waals surface area contributed by atoms with Gasteiger partial charge in [0.05, 0.1) is 12.7 Å². The zero-order valence-electron chi connectivity index (χ0n) is 23.4. The zero-order chi connectivity index (χ0) is 29.2. The number of hydrogen-bond donors (Lipinski definition) is 7. The SMILES string of the molecule is CCC(NC(=O)Nc1cccc(CCCCOCCCCCCNC[C@@H](O)c2ccc(O)c(CO)c2)c1)C(=O)O. The second kappa shape index (κ2) is 19.0. The average molecular weight is 560 g/mol. The fourth-order valence-electron chi connectivity index (χ4n) is 4.21. The number of amides is 2. The van der Waals surface area contributed by atoms with Crippen LogP contribution in [-0.2, 0) is 22.6 Å². The number of hydrogen-bond acceptors (Lipinski definition) is 7. The number of ether oxygens (including phenoxy) is 1. The summed E-state index contributed by atoms with van der Waals surface area (Å²) in [6.45, 7) is 4.12. The Bertz CT molecular complexity index is 1030. The standard InChI is InChI=1S/C30H45N3O7/c1-2-26(29(37)38)33-30(39)32-25-12-9-11-22(18-25)10-5-8-17-40-16-7-4-3-6-15-31-20-28(36)23-13-14-27(35)24(19-23)21-34/h9,11-14,18-19,26,28,31,34-36H,2-8,10,15-17,20-21H2,1H3,(H,37,38)(H2,32,33,39)/t26?,28-/m1/s1. The first-order valence-electron chi connectivity index (χ1n) is 14.1. The minimum absolute atomic E-state index is 0.0287. The molecule has 0 aliphatic heterocycles. The van der Waals surface area contributed by atoms with E-state index in [0.717, 1.165) is 63.7 Å². The molecule has 2 aromatic rings. The van der Waals surface area contributed by atoms with Crippen LogP contribution in [0.1, 0.15) is 74.7 Å². The highest BCUT2D eigenvalue weighted by molar-refractivity contribution is 5.92. The van der Waals surface area contributed by atoms with E-state index in [1.54, 1.807) is 25.1 Å². The molecular weight excluding hydrogens is 514 g/mol. The zero-order valence-corrected chi connectivity index (χ0v) is 23.4. The van der Waals surface area contributed by atoms with Gasteiger partial charge < -0.3 is 41.1 Å². The highest BCUT2D eigenvalue weighted by Crippen LogP contribution is 2.22. The van der Waals surface area contributed by atoms with Crippen LogP contribution >= 0.6 is 0 Å². The summed E-state index contributed by atoms with van der Waals surface area (Å²) >= 11 is 0. The van der Waals surface area contributed by atoms with E-state index in [2.05, 4.69) is 16.0 Å². The molecule has 0 saturated heterocycles. The topological polar surface area (TPSA) is 160 Å². The number of carboxylic acids is 1. The van der Waals surface area contributed by atoms with Gasteiger partial charge in [0, 0.05) is 31.0 Å². The van der Waals surface area contributed by atoms with Crippen LogP contribution in [0, 0.1) is 0 Å². The monoisotopic (exact) mass is 559 g/mol. The molecule has 10 nitrogen and oxygen atoms in total.